The first kappa shape index (κ1) is 14.7. The van der Waals surface area contributed by atoms with E-state index in [1.165, 1.54) is 12.1 Å². The minimum atomic E-state index is -0.562. The zero-order valence-corrected chi connectivity index (χ0v) is 11.5. The second-order valence-corrected chi connectivity index (χ2v) is 5.10. The monoisotopic (exact) mass is 283 g/mol. The van der Waals surface area contributed by atoms with Crippen LogP contribution in [0.3, 0.4) is 0 Å². The molecule has 1 aliphatic rings. The number of primary amides is 1. The summed E-state index contributed by atoms with van der Waals surface area (Å²) in [5.41, 5.74) is 5.81. The number of nitrogens with two attached hydrogens (primary N) is 1. The third-order valence-electron chi connectivity index (χ3n) is 3.67. The van der Waals surface area contributed by atoms with Crippen LogP contribution in [-0.2, 0) is 11.3 Å². The van der Waals surface area contributed by atoms with Crippen molar-refractivity contribution >= 4 is 11.6 Å². The van der Waals surface area contributed by atoms with Gasteiger partial charge in [-0.05, 0) is 37.6 Å². The molecule has 1 saturated heterocycles. The molecule has 1 aliphatic heterocycles. The van der Waals surface area contributed by atoms with E-state index in [4.69, 9.17) is 5.73 Å². The molecule has 0 aromatic heterocycles. The van der Waals surface area contributed by atoms with Gasteiger partial charge in [0.15, 0.2) is 0 Å². The van der Waals surface area contributed by atoms with E-state index in [9.17, 15) is 13.6 Å². The fourth-order valence-corrected chi connectivity index (χ4v) is 2.61. The van der Waals surface area contributed by atoms with E-state index < -0.39 is 11.6 Å². The normalized spacial score (nSPS) is 16.4. The number of nitrogens with zero attached hydrogens (tertiary/aromatic N) is 1. The van der Waals surface area contributed by atoms with Crippen LogP contribution < -0.4 is 16.0 Å². The number of nitrogens with one attached hydrogen (secondary N) is 1. The average molecular weight is 283 g/mol. The van der Waals surface area contributed by atoms with Crippen LogP contribution in [0.5, 0.6) is 0 Å². The highest BCUT2D eigenvalue weighted by atomic mass is 19.1. The van der Waals surface area contributed by atoms with Crippen LogP contribution >= 0.6 is 0 Å². The minimum Gasteiger partial charge on any atom is -0.369 e. The lowest BCUT2D eigenvalue weighted by Crippen LogP contribution is -2.39. The topological polar surface area (TPSA) is 58.4 Å². The lowest BCUT2D eigenvalue weighted by molar-refractivity contribution is -0.122. The molecule has 110 valence electrons. The number of rotatable bonds is 4. The second kappa shape index (κ2) is 6.17. The summed E-state index contributed by atoms with van der Waals surface area (Å²) in [4.78, 5) is 12.7. The number of piperidine rings is 1. The molecule has 1 amide bonds. The summed E-state index contributed by atoms with van der Waals surface area (Å²) < 4.78 is 28.1. The van der Waals surface area contributed by atoms with E-state index in [2.05, 4.69) is 5.32 Å². The molecule has 3 N–H and O–H groups in total. The fourth-order valence-electron chi connectivity index (χ4n) is 2.61. The van der Waals surface area contributed by atoms with E-state index >= 15 is 0 Å². The molecule has 0 saturated carbocycles. The van der Waals surface area contributed by atoms with Crippen LogP contribution in [-0.4, -0.2) is 26.0 Å². The number of carbonyl (C=O) groups is 1. The maximum absolute atomic E-state index is 14.1. The average Bonchev–Trinajstić information content (AvgIpc) is 2.39. The predicted molar refractivity (Wildman–Crippen MR) is 73.3 cm³/mol. The Bertz CT molecular complexity index is 476. The molecule has 1 aromatic rings. The fraction of sp³-hybridized carbons (Fsp3) is 0.500. The summed E-state index contributed by atoms with van der Waals surface area (Å²) >= 11 is 0. The molecule has 1 fully saturated rings. The summed E-state index contributed by atoms with van der Waals surface area (Å²) in [6, 6.07) is 2.68. The lowest BCUT2D eigenvalue weighted by Gasteiger charge is -2.32. The first-order chi connectivity index (χ1) is 9.52. The quantitative estimate of drug-likeness (QED) is 0.878. The molecule has 0 atom stereocenters. The molecule has 4 nitrogen and oxygen atoms in total. The number of hydrogen-bond donors (Lipinski definition) is 2. The summed E-state index contributed by atoms with van der Waals surface area (Å²) in [6.07, 6.45) is 1.07. The molecule has 6 heteroatoms. The SMILES string of the molecule is CNCc1cc(F)c(N2CCC(C(N)=O)CC2)c(F)c1. The Morgan fingerprint density at radius 1 is 1.35 bits per heavy atom. The van der Waals surface area contributed by atoms with Crippen LogP contribution in [0, 0.1) is 17.6 Å². The molecule has 0 bridgehead atoms. The van der Waals surface area contributed by atoms with E-state index in [1.807, 2.05) is 0 Å². The highest BCUT2D eigenvalue weighted by Crippen LogP contribution is 2.29. The molecule has 0 aliphatic carbocycles. The zero-order chi connectivity index (χ0) is 14.7. The third kappa shape index (κ3) is 3.07. The van der Waals surface area contributed by atoms with Crippen molar-refractivity contribution in [1.29, 1.82) is 0 Å². The van der Waals surface area contributed by atoms with Crippen molar-refractivity contribution in [2.75, 3.05) is 25.0 Å². The molecule has 1 heterocycles. The van der Waals surface area contributed by atoms with Crippen molar-refractivity contribution in [2.45, 2.75) is 19.4 Å². The standard InChI is InChI=1S/C14H19F2N3O/c1-18-8-9-6-11(15)13(12(16)7-9)19-4-2-10(3-5-19)14(17)20/h6-7,10,18H,2-5,8H2,1H3,(H2,17,20). The van der Waals surface area contributed by atoms with Crippen molar-refractivity contribution < 1.29 is 13.6 Å². The summed E-state index contributed by atoms with van der Waals surface area (Å²) in [6.45, 7) is 1.29. The number of anilines is 1. The Morgan fingerprint density at radius 3 is 2.35 bits per heavy atom. The predicted octanol–water partition coefficient (Wildman–Crippen LogP) is 1.39. The van der Waals surface area contributed by atoms with Crippen molar-refractivity contribution in [3.8, 4) is 0 Å². The molecule has 1 aromatic carbocycles. The van der Waals surface area contributed by atoms with Crippen LogP contribution in [0.4, 0.5) is 14.5 Å². The highest BCUT2D eigenvalue weighted by Gasteiger charge is 2.26. The number of hydrogen-bond acceptors (Lipinski definition) is 3. The maximum atomic E-state index is 14.1. The van der Waals surface area contributed by atoms with E-state index in [0.717, 1.165) is 0 Å². The molecule has 0 unspecified atom stereocenters. The summed E-state index contributed by atoms with van der Waals surface area (Å²) in [5.74, 6) is -1.66. The van der Waals surface area contributed by atoms with Gasteiger partial charge in [0.1, 0.15) is 17.3 Å². The third-order valence-corrected chi connectivity index (χ3v) is 3.67. The Hall–Kier alpha value is -1.69. The number of amides is 1. The van der Waals surface area contributed by atoms with Crippen LogP contribution in [0.15, 0.2) is 12.1 Å². The van der Waals surface area contributed by atoms with Gasteiger partial charge in [0, 0.05) is 25.6 Å². The second-order valence-electron chi connectivity index (χ2n) is 5.10. The van der Waals surface area contributed by atoms with Crippen LogP contribution in [0.1, 0.15) is 18.4 Å². The summed E-state index contributed by atoms with van der Waals surface area (Å²) in [7, 11) is 1.72. The van der Waals surface area contributed by atoms with Crippen molar-refractivity contribution in [2.24, 2.45) is 11.7 Å². The van der Waals surface area contributed by atoms with E-state index in [1.54, 1.807) is 11.9 Å². The van der Waals surface area contributed by atoms with Gasteiger partial charge in [-0.15, -0.1) is 0 Å². The van der Waals surface area contributed by atoms with Gasteiger partial charge in [0.2, 0.25) is 5.91 Å². The zero-order valence-electron chi connectivity index (χ0n) is 11.5. The van der Waals surface area contributed by atoms with Crippen LogP contribution in [0.25, 0.3) is 0 Å². The van der Waals surface area contributed by atoms with Gasteiger partial charge in [-0.3, -0.25) is 4.79 Å². The molecule has 0 radical (unpaired) electrons. The molecule has 0 spiro atoms. The molecular formula is C14H19F2N3O. The van der Waals surface area contributed by atoms with Gasteiger partial charge >= 0.3 is 0 Å². The van der Waals surface area contributed by atoms with E-state index in [-0.39, 0.29) is 17.5 Å². The maximum Gasteiger partial charge on any atom is 0.220 e. The Labute approximate surface area is 116 Å². The molecular weight excluding hydrogens is 264 g/mol. The molecule has 2 rings (SSSR count). The van der Waals surface area contributed by atoms with E-state index in [0.29, 0.717) is 38.0 Å². The smallest absolute Gasteiger partial charge is 0.220 e. The Balaban J connectivity index is 2.16. The first-order valence-electron chi connectivity index (χ1n) is 6.69. The van der Waals surface area contributed by atoms with Gasteiger partial charge in [-0.25, -0.2) is 8.78 Å². The Morgan fingerprint density at radius 2 is 1.90 bits per heavy atom. The Kier molecular flexibility index (Phi) is 4.54. The number of carbonyl (C=O) groups excluding carboxylic acids is 1. The van der Waals surface area contributed by atoms with Crippen molar-refractivity contribution in [3.05, 3.63) is 29.3 Å². The van der Waals surface area contributed by atoms with Crippen molar-refractivity contribution in [1.82, 2.24) is 5.32 Å². The number of halogens is 2. The number of benzene rings is 1. The largest absolute Gasteiger partial charge is 0.369 e. The van der Waals surface area contributed by atoms with Gasteiger partial charge in [-0.1, -0.05) is 0 Å². The molecule has 20 heavy (non-hydrogen) atoms. The van der Waals surface area contributed by atoms with Crippen molar-refractivity contribution in [3.63, 3.8) is 0 Å². The lowest BCUT2D eigenvalue weighted by atomic mass is 9.95. The van der Waals surface area contributed by atoms with Gasteiger partial charge in [0.25, 0.3) is 0 Å². The summed E-state index contributed by atoms with van der Waals surface area (Å²) in [5, 5.41) is 2.86. The van der Waals surface area contributed by atoms with Gasteiger partial charge in [0.05, 0.1) is 0 Å². The minimum absolute atomic E-state index is 0.00669. The van der Waals surface area contributed by atoms with Gasteiger partial charge in [-0.2, -0.15) is 0 Å². The first-order valence-corrected chi connectivity index (χ1v) is 6.69. The van der Waals surface area contributed by atoms with Crippen LogP contribution in [0.2, 0.25) is 0 Å². The highest BCUT2D eigenvalue weighted by molar-refractivity contribution is 5.77. The van der Waals surface area contributed by atoms with Gasteiger partial charge < -0.3 is 16.0 Å².